The lowest BCUT2D eigenvalue weighted by Gasteiger charge is -1.98. The molecule has 0 aromatic heterocycles. The van der Waals surface area contributed by atoms with E-state index in [1.54, 1.807) is 12.1 Å². The van der Waals surface area contributed by atoms with Crippen molar-refractivity contribution in [3.63, 3.8) is 0 Å². The molecular formula is C10H17NO. The zero-order chi connectivity index (χ0) is 9.40. The lowest BCUT2D eigenvalue weighted by Crippen LogP contribution is -2.04. The summed E-state index contributed by atoms with van der Waals surface area (Å²) in [7, 11) is 1.90. The normalized spacial score (nSPS) is 8.58. The molecule has 12 heavy (non-hydrogen) atoms. The highest BCUT2D eigenvalue weighted by atomic mass is 16.3. The molecule has 0 aliphatic carbocycles. The minimum Gasteiger partial charge on any atom is -0.508 e. The maximum absolute atomic E-state index is 8.90. The van der Waals surface area contributed by atoms with E-state index in [2.05, 4.69) is 5.32 Å². The van der Waals surface area contributed by atoms with Crippen LogP contribution in [0, 0.1) is 0 Å². The molecule has 0 saturated carbocycles. The Bertz CT molecular complexity index is 193. The summed E-state index contributed by atoms with van der Waals surface area (Å²) < 4.78 is 0. The molecule has 0 radical (unpaired) electrons. The molecule has 2 heteroatoms. The van der Waals surface area contributed by atoms with Crippen LogP contribution in [0.5, 0.6) is 5.75 Å². The van der Waals surface area contributed by atoms with Gasteiger partial charge in [-0.2, -0.15) is 0 Å². The van der Waals surface area contributed by atoms with Crippen LogP contribution in [0.3, 0.4) is 0 Å². The molecule has 1 aromatic carbocycles. The van der Waals surface area contributed by atoms with Crippen molar-refractivity contribution < 1.29 is 5.11 Å². The molecule has 0 amide bonds. The second kappa shape index (κ2) is 6.68. The predicted molar refractivity (Wildman–Crippen MR) is 52.2 cm³/mol. The summed E-state index contributed by atoms with van der Waals surface area (Å²) in [5, 5.41) is 11.9. The van der Waals surface area contributed by atoms with Crippen molar-refractivity contribution in [1.82, 2.24) is 5.32 Å². The zero-order valence-electron chi connectivity index (χ0n) is 7.96. The largest absolute Gasteiger partial charge is 0.508 e. The number of phenols is 1. The van der Waals surface area contributed by atoms with Gasteiger partial charge in [0.1, 0.15) is 5.75 Å². The fraction of sp³-hybridized carbons (Fsp3) is 0.400. The van der Waals surface area contributed by atoms with Crippen molar-refractivity contribution in [2.45, 2.75) is 20.4 Å². The standard InChI is InChI=1S/C8H11NO.C2H6/c1-9-6-7-2-4-8(10)5-3-7;1-2/h2-5,9-10H,6H2,1H3;1-2H3. The number of rotatable bonds is 2. The lowest BCUT2D eigenvalue weighted by atomic mass is 10.2. The lowest BCUT2D eigenvalue weighted by molar-refractivity contribution is 0.475. The minimum atomic E-state index is 0.319. The fourth-order valence-corrected chi connectivity index (χ4v) is 0.818. The van der Waals surface area contributed by atoms with Crippen LogP contribution in [0.2, 0.25) is 0 Å². The Morgan fingerprint density at radius 3 is 2.08 bits per heavy atom. The molecule has 0 aliphatic heterocycles. The van der Waals surface area contributed by atoms with Gasteiger partial charge in [-0.25, -0.2) is 0 Å². The summed E-state index contributed by atoms with van der Waals surface area (Å²) in [4.78, 5) is 0. The van der Waals surface area contributed by atoms with Gasteiger partial charge in [-0.15, -0.1) is 0 Å². The van der Waals surface area contributed by atoms with Crippen LogP contribution in [0.4, 0.5) is 0 Å². The van der Waals surface area contributed by atoms with Crippen molar-refractivity contribution in [1.29, 1.82) is 0 Å². The van der Waals surface area contributed by atoms with Crippen LogP contribution in [0.25, 0.3) is 0 Å². The highest BCUT2D eigenvalue weighted by molar-refractivity contribution is 5.25. The molecule has 0 aliphatic rings. The van der Waals surface area contributed by atoms with Gasteiger partial charge >= 0.3 is 0 Å². The van der Waals surface area contributed by atoms with Crippen LogP contribution in [0.1, 0.15) is 19.4 Å². The first-order chi connectivity index (χ1) is 5.83. The van der Waals surface area contributed by atoms with Gasteiger partial charge in [-0.1, -0.05) is 26.0 Å². The number of hydrogen-bond donors (Lipinski definition) is 2. The van der Waals surface area contributed by atoms with Crippen LogP contribution in [0.15, 0.2) is 24.3 Å². The Morgan fingerprint density at radius 1 is 1.17 bits per heavy atom. The van der Waals surface area contributed by atoms with E-state index in [4.69, 9.17) is 5.11 Å². The highest BCUT2D eigenvalue weighted by Crippen LogP contribution is 2.08. The Kier molecular flexibility index (Phi) is 6.11. The summed E-state index contributed by atoms with van der Waals surface area (Å²) in [6.07, 6.45) is 0. The molecule has 0 atom stereocenters. The van der Waals surface area contributed by atoms with Crippen molar-refractivity contribution in [3.8, 4) is 5.75 Å². The SMILES string of the molecule is CC.CNCc1ccc(O)cc1. The molecule has 0 saturated heterocycles. The van der Waals surface area contributed by atoms with Gasteiger partial charge in [0.25, 0.3) is 0 Å². The first-order valence-electron chi connectivity index (χ1n) is 4.25. The Labute approximate surface area is 74.2 Å². The maximum atomic E-state index is 8.90. The Morgan fingerprint density at radius 2 is 1.67 bits per heavy atom. The van der Waals surface area contributed by atoms with E-state index < -0.39 is 0 Å². The molecule has 1 aromatic rings. The van der Waals surface area contributed by atoms with Crippen molar-refractivity contribution in [2.75, 3.05) is 7.05 Å². The third-order valence-corrected chi connectivity index (χ3v) is 1.32. The van der Waals surface area contributed by atoms with Gasteiger partial charge in [0.2, 0.25) is 0 Å². The van der Waals surface area contributed by atoms with Gasteiger partial charge in [-0.3, -0.25) is 0 Å². The molecule has 1 rings (SSSR count). The summed E-state index contributed by atoms with van der Waals surface area (Å²) in [5.74, 6) is 0.319. The number of aromatic hydroxyl groups is 1. The fourth-order valence-electron chi connectivity index (χ4n) is 0.818. The molecule has 0 heterocycles. The Hall–Kier alpha value is -1.02. The number of nitrogens with one attached hydrogen (secondary N) is 1. The number of hydrogen-bond acceptors (Lipinski definition) is 2. The van der Waals surface area contributed by atoms with E-state index in [-0.39, 0.29) is 0 Å². The molecule has 0 spiro atoms. The smallest absolute Gasteiger partial charge is 0.115 e. The van der Waals surface area contributed by atoms with E-state index in [1.807, 2.05) is 33.0 Å². The third kappa shape index (κ3) is 3.98. The zero-order valence-corrected chi connectivity index (χ0v) is 7.96. The topological polar surface area (TPSA) is 32.3 Å². The third-order valence-electron chi connectivity index (χ3n) is 1.32. The van der Waals surface area contributed by atoms with Gasteiger partial charge in [0.15, 0.2) is 0 Å². The molecule has 0 unspecified atom stereocenters. The average molecular weight is 167 g/mol. The predicted octanol–water partition coefficient (Wildman–Crippen LogP) is 2.14. The van der Waals surface area contributed by atoms with Gasteiger partial charge < -0.3 is 10.4 Å². The number of benzene rings is 1. The van der Waals surface area contributed by atoms with E-state index in [1.165, 1.54) is 5.56 Å². The Balaban J connectivity index is 0.000000561. The maximum Gasteiger partial charge on any atom is 0.115 e. The molecule has 0 fully saturated rings. The van der Waals surface area contributed by atoms with E-state index >= 15 is 0 Å². The van der Waals surface area contributed by atoms with Crippen LogP contribution in [-0.2, 0) is 6.54 Å². The molecule has 0 bridgehead atoms. The van der Waals surface area contributed by atoms with Crippen molar-refractivity contribution in [2.24, 2.45) is 0 Å². The van der Waals surface area contributed by atoms with Crippen LogP contribution < -0.4 is 5.32 Å². The first-order valence-corrected chi connectivity index (χ1v) is 4.25. The van der Waals surface area contributed by atoms with Gasteiger partial charge in [0, 0.05) is 6.54 Å². The minimum absolute atomic E-state index is 0.319. The average Bonchev–Trinajstić information content (AvgIpc) is 2.13. The van der Waals surface area contributed by atoms with Gasteiger partial charge in [-0.05, 0) is 24.7 Å². The molecule has 68 valence electrons. The molecule has 2 nitrogen and oxygen atoms in total. The summed E-state index contributed by atoms with van der Waals surface area (Å²) in [6.45, 7) is 4.85. The second-order valence-corrected chi connectivity index (χ2v) is 2.20. The van der Waals surface area contributed by atoms with Crippen LogP contribution in [-0.4, -0.2) is 12.2 Å². The number of phenolic OH excluding ortho intramolecular Hbond substituents is 1. The second-order valence-electron chi connectivity index (χ2n) is 2.20. The van der Waals surface area contributed by atoms with Crippen molar-refractivity contribution >= 4 is 0 Å². The summed E-state index contributed by atoms with van der Waals surface area (Å²) >= 11 is 0. The molecular weight excluding hydrogens is 150 g/mol. The highest BCUT2D eigenvalue weighted by Gasteiger charge is 1.88. The van der Waals surface area contributed by atoms with Crippen LogP contribution >= 0.6 is 0 Å². The van der Waals surface area contributed by atoms with E-state index in [0.717, 1.165) is 6.54 Å². The van der Waals surface area contributed by atoms with E-state index in [0.29, 0.717) is 5.75 Å². The van der Waals surface area contributed by atoms with E-state index in [9.17, 15) is 0 Å². The first kappa shape index (κ1) is 11.0. The quantitative estimate of drug-likeness (QED) is 0.707. The summed E-state index contributed by atoms with van der Waals surface area (Å²) in [6, 6.07) is 7.16. The van der Waals surface area contributed by atoms with Crippen molar-refractivity contribution in [3.05, 3.63) is 29.8 Å². The molecule has 2 N–H and O–H groups in total. The van der Waals surface area contributed by atoms with Gasteiger partial charge in [0.05, 0.1) is 0 Å². The summed E-state index contributed by atoms with van der Waals surface area (Å²) in [5.41, 5.74) is 1.18. The monoisotopic (exact) mass is 167 g/mol.